The topological polar surface area (TPSA) is 124 Å². The number of rotatable bonds is 52. The van der Waals surface area contributed by atoms with E-state index in [2.05, 4.69) is 74.7 Å². The van der Waals surface area contributed by atoms with Crippen molar-refractivity contribution in [3.8, 4) is 0 Å². The Hall–Kier alpha value is -2.95. The van der Waals surface area contributed by atoms with E-state index >= 15 is 0 Å². The average molecular weight is 988 g/mol. The van der Waals surface area contributed by atoms with Crippen LogP contribution in [-0.2, 0) is 28.5 Å². The van der Waals surface area contributed by atoms with Gasteiger partial charge in [-0.1, -0.05) is 191 Å². The molecule has 0 bridgehead atoms. The zero-order chi connectivity index (χ0) is 51.2. The number of hydrogen-bond acceptors (Lipinski definition) is 9. The van der Waals surface area contributed by atoms with Crippen LogP contribution in [0.25, 0.3) is 0 Å². The van der Waals surface area contributed by atoms with E-state index in [0.29, 0.717) is 38.8 Å². The molecular weight excluding hydrogens is 877 g/mol. The summed E-state index contributed by atoms with van der Waals surface area (Å²) in [4.78, 5) is 40.8. The summed E-state index contributed by atoms with van der Waals surface area (Å²) >= 11 is 0. The molecule has 0 aromatic rings. The number of nitrogens with one attached hydrogen (secondary N) is 1. The van der Waals surface area contributed by atoms with E-state index in [1.165, 1.54) is 96.3 Å². The van der Waals surface area contributed by atoms with Crippen molar-refractivity contribution in [1.29, 1.82) is 0 Å². The number of aliphatic hydroxyl groups excluding tert-OH is 1. The van der Waals surface area contributed by atoms with Gasteiger partial charge in [-0.15, -0.1) is 0 Å². The first kappa shape index (κ1) is 67.0. The van der Waals surface area contributed by atoms with Crippen LogP contribution in [0.3, 0.4) is 0 Å². The van der Waals surface area contributed by atoms with Crippen LogP contribution < -0.4 is 5.32 Å². The minimum Gasteiger partial charge on any atom is -0.462 e. The highest BCUT2D eigenvalue weighted by Gasteiger charge is 2.22. The second-order valence-electron chi connectivity index (χ2n) is 19.8. The minimum absolute atomic E-state index is 0.0400. The molecule has 0 aromatic carbocycles. The zero-order valence-electron chi connectivity index (χ0n) is 46.1. The van der Waals surface area contributed by atoms with Crippen molar-refractivity contribution in [1.82, 2.24) is 10.2 Å². The number of alkyl carbamates (subject to hydrolysis) is 1. The number of amides is 1. The van der Waals surface area contributed by atoms with E-state index in [1.54, 1.807) is 0 Å². The second kappa shape index (κ2) is 53.8. The van der Waals surface area contributed by atoms with Gasteiger partial charge in [-0.05, 0) is 117 Å². The van der Waals surface area contributed by atoms with Gasteiger partial charge in [-0.25, -0.2) is 4.79 Å². The van der Waals surface area contributed by atoms with Crippen LogP contribution in [0.2, 0.25) is 0 Å². The molecule has 0 aliphatic carbocycles. The molecule has 10 heteroatoms. The third-order valence-corrected chi connectivity index (χ3v) is 12.6. The van der Waals surface area contributed by atoms with Crippen LogP contribution in [0.1, 0.15) is 258 Å². The molecule has 0 aromatic heterocycles. The van der Waals surface area contributed by atoms with E-state index in [4.69, 9.17) is 18.9 Å². The van der Waals surface area contributed by atoms with Gasteiger partial charge in [0.05, 0.1) is 6.61 Å². The number of hydrogen-bond donors (Lipinski definition) is 2. The molecule has 0 rings (SSSR count). The Balaban J connectivity index is 5.03. The SMILES string of the molecule is CCCCC/C=C\C/C=C\CCCCCCCC(=O)OCC(COC(O)CCCCCCC/C=C\C/C=C\CCCCC)OC(=O)CCC(CCCCCCCCCCCC)OC(=O)NCCN(C)C. The fraction of sp³-hybridized carbons (Fsp3) is 0.817. The maximum atomic E-state index is 13.3. The quantitative estimate of drug-likeness (QED) is 0.0202. The molecular formula is C60H110N2O8. The van der Waals surface area contributed by atoms with Crippen LogP contribution >= 0.6 is 0 Å². The van der Waals surface area contributed by atoms with Gasteiger partial charge >= 0.3 is 18.0 Å². The van der Waals surface area contributed by atoms with Gasteiger partial charge in [-0.2, -0.15) is 0 Å². The zero-order valence-corrected chi connectivity index (χ0v) is 46.1. The Morgan fingerprint density at radius 1 is 0.471 bits per heavy atom. The number of unbranched alkanes of at least 4 members (excludes halogenated alkanes) is 25. The maximum Gasteiger partial charge on any atom is 0.407 e. The highest BCUT2D eigenvalue weighted by Crippen LogP contribution is 2.18. The number of likely N-dealkylation sites (N-methyl/N-ethyl adjacent to an activating group) is 1. The number of carbonyl (C=O) groups is 3. The molecule has 0 heterocycles. The molecule has 10 nitrogen and oxygen atoms in total. The number of esters is 2. The number of carbonyl (C=O) groups excluding carboxylic acids is 3. The van der Waals surface area contributed by atoms with Crippen molar-refractivity contribution < 1.29 is 38.4 Å². The number of nitrogens with zero attached hydrogens (tertiary/aromatic N) is 1. The first-order chi connectivity index (χ1) is 34.2. The summed E-state index contributed by atoms with van der Waals surface area (Å²) in [5.74, 6) is -0.811. The van der Waals surface area contributed by atoms with Crippen molar-refractivity contribution in [2.45, 2.75) is 277 Å². The highest BCUT2D eigenvalue weighted by molar-refractivity contribution is 5.70. The molecule has 3 unspecified atom stereocenters. The predicted molar refractivity (Wildman–Crippen MR) is 294 cm³/mol. The molecule has 1 amide bonds. The summed E-state index contributed by atoms with van der Waals surface area (Å²) in [6.45, 7) is 7.64. The van der Waals surface area contributed by atoms with E-state index in [0.717, 1.165) is 109 Å². The standard InChI is InChI=1S/C60H110N2O8/c1-6-9-12-15-18-21-24-26-28-30-32-35-38-41-44-47-57(63)67-53-56(54-68-58(64)48-45-42-39-36-33-31-29-27-25-22-19-16-13-10-7-2)69-59(65)50-49-55(70-60(66)61-51-52-62(4)5)46-43-40-37-34-23-20-17-14-11-8-3/h18-19,21-22,26-29,55-57,63H,6-17,20,23-25,30-54H2,1-5H3,(H,61,66)/b21-18-,22-19-,28-26-,29-27-. The van der Waals surface area contributed by atoms with Crippen LogP contribution in [-0.4, -0.2) is 86.9 Å². The molecule has 3 atom stereocenters. The van der Waals surface area contributed by atoms with Crippen LogP contribution in [0.4, 0.5) is 4.79 Å². The van der Waals surface area contributed by atoms with Crippen molar-refractivity contribution in [3.63, 3.8) is 0 Å². The summed E-state index contributed by atoms with van der Waals surface area (Å²) in [7, 11) is 3.90. The number of aliphatic hydroxyl groups is 1. The van der Waals surface area contributed by atoms with Crippen LogP contribution in [0.5, 0.6) is 0 Å². The van der Waals surface area contributed by atoms with Gasteiger partial charge in [0.2, 0.25) is 0 Å². The Labute approximate surface area is 431 Å². The molecule has 70 heavy (non-hydrogen) atoms. The maximum absolute atomic E-state index is 13.3. The van der Waals surface area contributed by atoms with E-state index in [9.17, 15) is 19.5 Å². The number of allylic oxidation sites excluding steroid dienone is 8. The lowest BCUT2D eigenvalue weighted by molar-refractivity contribution is -0.173. The molecule has 0 aliphatic heterocycles. The third kappa shape index (κ3) is 51.4. The molecule has 0 radical (unpaired) electrons. The van der Waals surface area contributed by atoms with Gasteiger partial charge in [0, 0.05) is 25.9 Å². The fourth-order valence-corrected chi connectivity index (χ4v) is 8.11. The molecule has 0 saturated carbocycles. The van der Waals surface area contributed by atoms with Crippen LogP contribution in [0.15, 0.2) is 48.6 Å². The van der Waals surface area contributed by atoms with E-state index in [-0.39, 0.29) is 25.6 Å². The Bertz CT molecular complexity index is 1280. The lowest BCUT2D eigenvalue weighted by Gasteiger charge is -2.22. The minimum atomic E-state index is -1.01. The Morgan fingerprint density at radius 2 is 0.914 bits per heavy atom. The first-order valence-corrected chi connectivity index (χ1v) is 29.1. The Morgan fingerprint density at radius 3 is 1.43 bits per heavy atom. The van der Waals surface area contributed by atoms with Gasteiger partial charge in [0.15, 0.2) is 12.4 Å². The molecule has 0 saturated heterocycles. The summed E-state index contributed by atoms with van der Waals surface area (Å²) in [6, 6.07) is 0. The smallest absolute Gasteiger partial charge is 0.407 e. The fourth-order valence-electron chi connectivity index (χ4n) is 8.11. The number of ether oxygens (including phenoxy) is 4. The monoisotopic (exact) mass is 987 g/mol. The highest BCUT2D eigenvalue weighted by atomic mass is 16.6. The van der Waals surface area contributed by atoms with E-state index < -0.39 is 30.6 Å². The predicted octanol–water partition coefficient (Wildman–Crippen LogP) is 16.2. The molecule has 0 aliphatic rings. The Kier molecular flexibility index (Phi) is 51.6. The summed E-state index contributed by atoms with van der Waals surface area (Å²) in [6.07, 6.45) is 53.8. The van der Waals surface area contributed by atoms with Crippen molar-refractivity contribution in [3.05, 3.63) is 48.6 Å². The van der Waals surface area contributed by atoms with Crippen molar-refractivity contribution in [2.75, 3.05) is 40.4 Å². The van der Waals surface area contributed by atoms with Gasteiger partial charge in [-0.3, -0.25) is 9.59 Å². The largest absolute Gasteiger partial charge is 0.462 e. The summed E-state index contributed by atoms with van der Waals surface area (Å²) in [5.41, 5.74) is 0. The summed E-state index contributed by atoms with van der Waals surface area (Å²) in [5, 5.41) is 13.5. The lowest BCUT2D eigenvalue weighted by Crippen LogP contribution is -2.34. The van der Waals surface area contributed by atoms with E-state index in [1.807, 2.05) is 19.0 Å². The van der Waals surface area contributed by atoms with Gasteiger partial charge < -0.3 is 34.3 Å². The average Bonchev–Trinajstić information content (AvgIpc) is 3.34. The summed E-state index contributed by atoms with van der Waals surface area (Å²) < 4.78 is 23.1. The van der Waals surface area contributed by atoms with Gasteiger partial charge in [0.25, 0.3) is 0 Å². The first-order valence-electron chi connectivity index (χ1n) is 29.1. The van der Waals surface area contributed by atoms with Crippen molar-refractivity contribution in [2.24, 2.45) is 0 Å². The molecule has 0 spiro atoms. The normalized spacial score (nSPS) is 13.3. The molecule has 2 N–H and O–H groups in total. The van der Waals surface area contributed by atoms with Crippen LogP contribution in [0, 0.1) is 0 Å². The third-order valence-electron chi connectivity index (χ3n) is 12.6. The lowest BCUT2D eigenvalue weighted by atomic mass is 10.0. The molecule has 0 fully saturated rings. The van der Waals surface area contributed by atoms with Crippen molar-refractivity contribution >= 4 is 18.0 Å². The molecule has 408 valence electrons. The van der Waals surface area contributed by atoms with Gasteiger partial charge in [0.1, 0.15) is 12.7 Å². The second-order valence-corrected chi connectivity index (χ2v) is 19.8.